The molecule has 4 rings (SSSR count). The van der Waals surface area contributed by atoms with E-state index in [0.29, 0.717) is 32.8 Å². The second kappa shape index (κ2) is 5.25. The van der Waals surface area contributed by atoms with Gasteiger partial charge < -0.3 is 15.9 Å². The first kappa shape index (κ1) is 14.5. The summed E-state index contributed by atoms with van der Waals surface area (Å²) in [6.07, 6.45) is 0. The molecule has 0 spiro atoms. The van der Waals surface area contributed by atoms with Gasteiger partial charge in [0, 0.05) is 11.3 Å². The highest BCUT2D eigenvalue weighted by Gasteiger charge is 2.15. The quantitative estimate of drug-likeness (QED) is 0.406. The van der Waals surface area contributed by atoms with Crippen LogP contribution in [0.4, 0.5) is 11.5 Å². The number of nitrogen functional groups attached to an aromatic ring is 2. The molecule has 2 aromatic carbocycles. The molecular weight excluding hydrogens is 326 g/mol. The number of pyridine rings is 1. The van der Waals surface area contributed by atoms with Crippen LogP contribution < -0.4 is 16.9 Å². The maximum Gasteiger partial charge on any atom is 0.220 e. The number of benzene rings is 2. The van der Waals surface area contributed by atoms with Gasteiger partial charge in [-0.2, -0.15) is 0 Å². The summed E-state index contributed by atoms with van der Waals surface area (Å²) in [6.45, 7) is 0. The third-order valence-electron chi connectivity index (χ3n) is 3.88. The van der Waals surface area contributed by atoms with E-state index in [0.717, 1.165) is 5.56 Å². The van der Waals surface area contributed by atoms with Crippen molar-refractivity contribution >= 4 is 45.2 Å². The number of nitrogens with zero attached hydrogens (tertiary/aromatic N) is 1. The predicted molar refractivity (Wildman–Crippen MR) is 97.1 cm³/mol. The molecular formula is C18H12ClN3O2. The molecule has 0 saturated carbocycles. The number of hydrogen-bond donors (Lipinski definition) is 2. The lowest BCUT2D eigenvalue weighted by molar-refractivity contribution is 0.658. The zero-order chi connectivity index (χ0) is 16.8. The summed E-state index contributed by atoms with van der Waals surface area (Å²) < 4.78 is 5.82. The van der Waals surface area contributed by atoms with Crippen LogP contribution >= 0.6 is 11.6 Å². The summed E-state index contributed by atoms with van der Waals surface area (Å²) in [5.74, 6) is 0.242. The van der Waals surface area contributed by atoms with Gasteiger partial charge in [-0.05, 0) is 35.9 Å². The minimum Gasteiger partial charge on any atom is -0.454 e. The fraction of sp³-hybridized carbons (Fsp3) is 0. The fourth-order valence-electron chi connectivity index (χ4n) is 2.69. The predicted octanol–water partition coefficient (Wildman–Crippen LogP) is 3.83. The van der Waals surface area contributed by atoms with Crippen LogP contribution in [0.3, 0.4) is 0 Å². The zero-order valence-corrected chi connectivity index (χ0v) is 13.2. The van der Waals surface area contributed by atoms with Gasteiger partial charge in [-0.1, -0.05) is 29.8 Å². The van der Waals surface area contributed by atoms with Crippen molar-refractivity contribution in [1.82, 2.24) is 4.98 Å². The van der Waals surface area contributed by atoms with Crippen LogP contribution in [0.25, 0.3) is 33.2 Å². The summed E-state index contributed by atoms with van der Waals surface area (Å²) in [5, 5.41) is 0.630. The van der Waals surface area contributed by atoms with E-state index >= 15 is 0 Å². The third kappa shape index (κ3) is 2.18. The molecule has 0 bridgehead atoms. The first-order valence-electron chi connectivity index (χ1n) is 7.22. The standard InChI is InChI=1S/C18H12ClN3O2/c19-12-2-1-3-13-15(12)17(23)16-14(24-13)8-11(18(21)22-16)9-4-6-10(20)7-5-9/h1-8H,20H2,(H2,21,22). The summed E-state index contributed by atoms with van der Waals surface area (Å²) >= 11 is 6.11. The van der Waals surface area contributed by atoms with E-state index in [1.807, 2.05) is 12.1 Å². The van der Waals surface area contributed by atoms with Crippen molar-refractivity contribution in [3.8, 4) is 11.1 Å². The highest BCUT2D eigenvalue weighted by Crippen LogP contribution is 2.30. The Morgan fingerprint density at radius 2 is 1.75 bits per heavy atom. The lowest BCUT2D eigenvalue weighted by Gasteiger charge is -2.08. The molecule has 6 heteroatoms. The summed E-state index contributed by atoms with van der Waals surface area (Å²) in [5.41, 5.74) is 14.6. The van der Waals surface area contributed by atoms with Gasteiger partial charge in [0.15, 0.2) is 11.1 Å². The van der Waals surface area contributed by atoms with Crippen molar-refractivity contribution in [3.05, 3.63) is 63.8 Å². The molecule has 0 unspecified atom stereocenters. The van der Waals surface area contributed by atoms with Gasteiger partial charge in [-0.15, -0.1) is 0 Å². The van der Waals surface area contributed by atoms with Crippen molar-refractivity contribution in [2.45, 2.75) is 0 Å². The molecule has 0 atom stereocenters. The zero-order valence-electron chi connectivity index (χ0n) is 12.4. The largest absolute Gasteiger partial charge is 0.454 e. The number of nitrogens with two attached hydrogens (primary N) is 2. The van der Waals surface area contributed by atoms with E-state index in [1.54, 1.807) is 36.4 Å². The normalized spacial score (nSPS) is 11.2. The van der Waals surface area contributed by atoms with Crippen molar-refractivity contribution in [3.63, 3.8) is 0 Å². The number of anilines is 2. The third-order valence-corrected chi connectivity index (χ3v) is 4.19. The number of halogens is 1. The molecule has 0 aliphatic carbocycles. The van der Waals surface area contributed by atoms with Gasteiger partial charge in [0.2, 0.25) is 5.43 Å². The topological polar surface area (TPSA) is 95.1 Å². The molecule has 118 valence electrons. The Labute approximate surface area is 141 Å². The van der Waals surface area contributed by atoms with Gasteiger partial charge in [0.05, 0.1) is 10.4 Å². The molecule has 2 heterocycles. The Hall–Kier alpha value is -3.05. The molecule has 0 fully saturated rings. The smallest absolute Gasteiger partial charge is 0.220 e. The van der Waals surface area contributed by atoms with E-state index in [4.69, 9.17) is 27.5 Å². The van der Waals surface area contributed by atoms with Gasteiger partial charge in [-0.25, -0.2) is 4.98 Å². The monoisotopic (exact) mass is 337 g/mol. The molecule has 0 aliphatic rings. The molecule has 4 N–H and O–H groups in total. The van der Waals surface area contributed by atoms with Crippen LogP contribution in [0.5, 0.6) is 0 Å². The molecule has 24 heavy (non-hydrogen) atoms. The Balaban J connectivity index is 2.06. The van der Waals surface area contributed by atoms with Crippen molar-refractivity contribution in [2.24, 2.45) is 0 Å². The minimum atomic E-state index is -0.299. The van der Waals surface area contributed by atoms with E-state index < -0.39 is 0 Å². The fourth-order valence-corrected chi connectivity index (χ4v) is 2.94. The molecule has 2 aromatic heterocycles. The average molecular weight is 338 g/mol. The average Bonchev–Trinajstić information content (AvgIpc) is 2.56. The van der Waals surface area contributed by atoms with Gasteiger partial charge in [0.25, 0.3) is 0 Å². The maximum atomic E-state index is 12.7. The number of rotatable bonds is 1. The summed E-state index contributed by atoms with van der Waals surface area (Å²) in [7, 11) is 0. The minimum absolute atomic E-state index is 0.160. The number of aromatic nitrogens is 1. The molecule has 0 aliphatic heterocycles. The lowest BCUT2D eigenvalue weighted by Crippen LogP contribution is -2.07. The lowest BCUT2D eigenvalue weighted by atomic mass is 10.1. The van der Waals surface area contributed by atoms with Crippen LogP contribution in [-0.4, -0.2) is 4.98 Å². The Morgan fingerprint density at radius 3 is 2.50 bits per heavy atom. The molecule has 0 amide bonds. The van der Waals surface area contributed by atoms with Crippen molar-refractivity contribution in [1.29, 1.82) is 0 Å². The Bertz CT molecular complexity index is 1150. The van der Waals surface area contributed by atoms with Crippen LogP contribution in [-0.2, 0) is 0 Å². The summed E-state index contributed by atoms with van der Waals surface area (Å²) in [6, 6.07) is 14.0. The first-order chi connectivity index (χ1) is 11.5. The van der Waals surface area contributed by atoms with Crippen molar-refractivity contribution < 1.29 is 4.42 Å². The number of fused-ring (bicyclic) bond motifs is 2. The SMILES string of the molecule is Nc1ccc(-c2cc3oc4cccc(Cl)c4c(=O)c3nc2N)cc1. The highest BCUT2D eigenvalue weighted by molar-refractivity contribution is 6.35. The Kier molecular flexibility index (Phi) is 3.18. The van der Waals surface area contributed by atoms with Crippen LogP contribution in [0.15, 0.2) is 57.7 Å². The Morgan fingerprint density at radius 1 is 1.00 bits per heavy atom. The van der Waals surface area contributed by atoms with Crippen molar-refractivity contribution in [2.75, 3.05) is 11.5 Å². The van der Waals surface area contributed by atoms with E-state index in [2.05, 4.69) is 4.98 Å². The van der Waals surface area contributed by atoms with Gasteiger partial charge >= 0.3 is 0 Å². The highest BCUT2D eigenvalue weighted by atomic mass is 35.5. The van der Waals surface area contributed by atoms with Gasteiger partial charge in [-0.3, -0.25) is 4.79 Å². The van der Waals surface area contributed by atoms with E-state index in [-0.39, 0.29) is 16.8 Å². The van der Waals surface area contributed by atoms with E-state index in [1.165, 1.54) is 0 Å². The first-order valence-corrected chi connectivity index (χ1v) is 7.60. The molecule has 5 nitrogen and oxygen atoms in total. The molecule has 0 radical (unpaired) electrons. The molecule has 4 aromatic rings. The summed E-state index contributed by atoms with van der Waals surface area (Å²) in [4.78, 5) is 16.9. The van der Waals surface area contributed by atoms with Crippen LogP contribution in [0.2, 0.25) is 5.02 Å². The second-order valence-corrected chi connectivity index (χ2v) is 5.84. The van der Waals surface area contributed by atoms with Crippen LogP contribution in [0, 0.1) is 0 Å². The van der Waals surface area contributed by atoms with E-state index in [9.17, 15) is 4.79 Å². The maximum absolute atomic E-state index is 12.7. The number of hydrogen-bond acceptors (Lipinski definition) is 5. The van der Waals surface area contributed by atoms with Gasteiger partial charge in [0.1, 0.15) is 11.4 Å². The second-order valence-electron chi connectivity index (χ2n) is 5.43. The molecule has 0 saturated heterocycles. The van der Waals surface area contributed by atoms with Crippen LogP contribution in [0.1, 0.15) is 0 Å².